The summed E-state index contributed by atoms with van der Waals surface area (Å²) in [4.78, 5) is 25.1. The van der Waals surface area contributed by atoms with Crippen LogP contribution in [0.3, 0.4) is 0 Å². The average molecular weight is 248 g/mol. The van der Waals surface area contributed by atoms with Gasteiger partial charge in [-0.2, -0.15) is 0 Å². The summed E-state index contributed by atoms with van der Waals surface area (Å²) in [6.45, 7) is 1.84. The van der Waals surface area contributed by atoms with Crippen LogP contribution in [-0.4, -0.2) is 38.4 Å². The molecule has 2 rings (SSSR count). The Hall–Kier alpha value is -1.88. The highest BCUT2D eigenvalue weighted by Gasteiger charge is 2.24. The molecule has 1 N–H and O–H groups in total. The monoisotopic (exact) mass is 248 g/mol. The van der Waals surface area contributed by atoms with E-state index in [1.54, 1.807) is 39.2 Å². The van der Waals surface area contributed by atoms with Crippen LogP contribution in [0, 0.1) is 0 Å². The SMILES string of the molecule is CNC(C)C(=O)c1ccc2c(c1)N(C)C(=O)CO2. The summed E-state index contributed by atoms with van der Waals surface area (Å²) in [5.74, 6) is 0.506. The summed E-state index contributed by atoms with van der Waals surface area (Å²) in [5.41, 5.74) is 1.21. The van der Waals surface area contributed by atoms with Crippen LogP contribution in [0.15, 0.2) is 18.2 Å². The molecule has 5 nitrogen and oxygen atoms in total. The van der Waals surface area contributed by atoms with Crippen molar-refractivity contribution in [2.75, 3.05) is 25.6 Å². The third-order valence-electron chi connectivity index (χ3n) is 3.16. The van der Waals surface area contributed by atoms with Crippen molar-refractivity contribution in [3.8, 4) is 5.75 Å². The Balaban J connectivity index is 2.37. The molecule has 18 heavy (non-hydrogen) atoms. The Morgan fingerprint density at radius 2 is 2.22 bits per heavy atom. The second kappa shape index (κ2) is 4.78. The van der Waals surface area contributed by atoms with Gasteiger partial charge in [-0.05, 0) is 32.2 Å². The molecule has 0 saturated heterocycles. The number of ether oxygens (including phenoxy) is 1. The molecule has 1 atom stereocenters. The predicted octanol–water partition coefficient (Wildman–Crippen LogP) is 0.832. The molecule has 96 valence electrons. The fourth-order valence-corrected chi connectivity index (χ4v) is 1.81. The number of anilines is 1. The first-order valence-electron chi connectivity index (χ1n) is 5.79. The number of Topliss-reactive ketones (excluding diaryl/α,β-unsaturated/α-hetero) is 1. The van der Waals surface area contributed by atoms with Crippen molar-refractivity contribution >= 4 is 17.4 Å². The zero-order valence-corrected chi connectivity index (χ0v) is 10.7. The minimum atomic E-state index is -0.256. The highest BCUT2D eigenvalue weighted by Crippen LogP contribution is 2.32. The van der Waals surface area contributed by atoms with Gasteiger partial charge in [-0.1, -0.05) is 0 Å². The van der Waals surface area contributed by atoms with E-state index < -0.39 is 0 Å². The number of hydrogen-bond donors (Lipinski definition) is 1. The maximum Gasteiger partial charge on any atom is 0.264 e. The zero-order chi connectivity index (χ0) is 13.3. The van der Waals surface area contributed by atoms with Crippen molar-refractivity contribution in [3.63, 3.8) is 0 Å². The summed E-state index contributed by atoms with van der Waals surface area (Å²) in [5, 5.41) is 2.90. The lowest BCUT2D eigenvalue weighted by molar-refractivity contribution is -0.120. The number of hydrogen-bond acceptors (Lipinski definition) is 4. The summed E-state index contributed by atoms with van der Waals surface area (Å²) < 4.78 is 5.31. The van der Waals surface area contributed by atoms with E-state index in [2.05, 4.69) is 5.32 Å². The number of ketones is 1. The van der Waals surface area contributed by atoms with Gasteiger partial charge < -0.3 is 15.0 Å². The predicted molar refractivity (Wildman–Crippen MR) is 68.2 cm³/mol. The van der Waals surface area contributed by atoms with E-state index in [1.807, 2.05) is 0 Å². The first kappa shape index (κ1) is 12.6. The Morgan fingerprint density at radius 1 is 1.50 bits per heavy atom. The lowest BCUT2D eigenvalue weighted by Gasteiger charge is -2.26. The zero-order valence-electron chi connectivity index (χ0n) is 10.7. The van der Waals surface area contributed by atoms with E-state index in [4.69, 9.17) is 4.74 Å². The fourth-order valence-electron chi connectivity index (χ4n) is 1.81. The molecule has 0 fully saturated rings. The molecule has 0 aliphatic carbocycles. The maximum atomic E-state index is 12.0. The quantitative estimate of drug-likeness (QED) is 0.805. The minimum absolute atomic E-state index is 0.00766. The first-order valence-corrected chi connectivity index (χ1v) is 5.79. The molecule has 1 aliphatic heterocycles. The van der Waals surface area contributed by atoms with Gasteiger partial charge in [0.15, 0.2) is 12.4 Å². The van der Waals surface area contributed by atoms with Gasteiger partial charge in [-0.15, -0.1) is 0 Å². The van der Waals surface area contributed by atoms with Crippen LogP contribution in [0.1, 0.15) is 17.3 Å². The summed E-state index contributed by atoms with van der Waals surface area (Å²) in [7, 11) is 3.42. The Kier molecular flexibility index (Phi) is 3.34. The second-order valence-corrected chi connectivity index (χ2v) is 4.30. The van der Waals surface area contributed by atoms with E-state index in [9.17, 15) is 9.59 Å². The number of carbonyl (C=O) groups excluding carboxylic acids is 2. The number of rotatable bonds is 3. The molecular formula is C13H16N2O3. The second-order valence-electron chi connectivity index (χ2n) is 4.30. The summed E-state index contributed by atoms with van der Waals surface area (Å²) in [6, 6.07) is 4.89. The van der Waals surface area contributed by atoms with E-state index in [-0.39, 0.29) is 24.3 Å². The molecule has 0 radical (unpaired) electrons. The number of fused-ring (bicyclic) bond motifs is 1. The normalized spacial score (nSPS) is 15.9. The van der Waals surface area contributed by atoms with Gasteiger partial charge in [0.25, 0.3) is 5.91 Å². The molecule has 1 aromatic carbocycles. The summed E-state index contributed by atoms with van der Waals surface area (Å²) >= 11 is 0. The molecule has 1 heterocycles. The third-order valence-corrected chi connectivity index (χ3v) is 3.16. The highest BCUT2D eigenvalue weighted by molar-refractivity contribution is 6.03. The molecular weight excluding hydrogens is 232 g/mol. The topological polar surface area (TPSA) is 58.6 Å². The van der Waals surface area contributed by atoms with Crippen molar-refractivity contribution in [1.29, 1.82) is 0 Å². The number of nitrogens with one attached hydrogen (secondary N) is 1. The molecule has 0 spiro atoms. The first-order chi connectivity index (χ1) is 8.54. The van der Waals surface area contributed by atoms with Crippen molar-refractivity contribution in [2.45, 2.75) is 13.0 Å². The number of likely N-dealkylation sites (N-methyl/N-ethyl adjacent to an activating group) is 2. The van der Waals surface area contributed by atoms with Crippen molar-refractivity contribution < 1.29 is 14.3 Å². The molecule has 1 aliphatic rings. The van der Waals surface area contributed by atoms with Crippen molar-refractivity contribution in [2.24, 2.45) is 0 Å². The van der Waals surface area contributed by atoms with E-state index >= 15 is 0 Å². The minimum Gasteiger partial charge on any atom is -0.482 e. The van der Waals surface area contributed by atoms with Gasteiger partial charge >= 0.3 is 0 Å². The smallest absolute Gasteiger partial charge is 0.264 e. The van der Waals surface area contributed by atoms with E-state index in [1.165, 1.54) is 4.90 Å². The Bertz CT molecular complexity index is 499. The van der Waals surface area contributed by atoms with Crippen LogP contribution in [0.2, 0.25) is 0 Å². The largest absolute Gasteiger partial charge is 0.482 e. The van der Waals surface area contributed by atoms with Crippen LogP contribution >= 0.6 is 0 Å². The standard InChI is InChI=1S/C13H16N2O3/c1-8(14-2)13(17)9-4-5-11-10(6-9)15(3)12(16)7-18-11/h4-6,8,14H,7H2,1-3H3. The molecule has 1 aromatic rings. The summed E-state index contributed by atoms with van der Waals surface area (Å²) in [6.07, 6.45) is 0. The fraction of sp³-hybridized carbons (Fsp3) is 0.385. The van der Waals surface area contributed by atoms with E-state index in [0.29, 0.717) is 17.0 Å². The van der Waals surface area contributed by atoms with Crippen molar-refractivity contribution in [1.82, 2.24) is 5.32 Å². The van der Waals surface area contributed by atoms with Crippen LogP contribution in [0.25, 0.3) is 0 Å². The van der Waals surface area contributed by atoms with Gasteiger partial charge in [0.05, 0.1) is 11.7 Å². The van der Waals surface area contributed by atoms with Crippen molar-refractivity contribution in [3.05, 3.63) is 23.8 Å². The van der Waals surface area contributed by atoms with Gasteiger partial charge in [0.2, 0.25) is 0 Å². The highest BCUT2D eigenvalue weighted by atomic mass is 16.5. The number of carbonyl (C=O) groups is 2. The van der Waals surface area contributed by atoms with Crippen LogP contribution < -0.4 is 15.0 Å². The molecule has 1 amide bonds. The van der Waals surface area contributed by atoms with Crippen LogP contribution in [0.4, 0.5) is 5.69 Å². The maximum absolute atomic E-state index is 12.0. The van der Waals surface area contributed by atoms with Crippen LogP contribution in [-0.2, 0) is 4.79 Å². The third kappa shape index (κ3) is 2.09. The number of nitrogens with zero attached hydrogens (tertiary/aromatic N) is 1. The number of amides is 1. The van der Waals surface area contributed by atoms with Gasteiger partial charge in [-0.25, -0.2) is 0 Å². The average Bonchev–Trinajstić information content (AvgIpc) is 2.41. The molecule has 0 bridgehead atoms. The van der Waals surface area contributed by atoms with Gasteiger partial charge in [0.1, 0.15) is 5.75 Å². The molecule has 1 unspecified atom stereocenters. The molecule has 5 heteroatoms. The Morgan fingerprint density at radius 3 is 2.89 bits per heavy atom. The molecule has 0 aromatic heterocycles. The lowest BCUT2D eigenvalue weighted by atomic mass is 10.0. The van der Waals surface area contributed by atoms with Gasteiger partial charge in [-0.3, -0.25) is 9.59 Å². The molecule has 0 saturated carbocycles. The van der Waals surface area contributed by atoms with Crippen LogP contribution in [0.5, 0.6) is 5.75 Å². The number of benzene rings is 1. The van der Waals surface area contributed by atoms with E-state index in [0.717, 1.165) is 0 Å². The Labute approximate surface area is 106 Å². The van der Waals surface area contributed by atoms with Gasteiger partial charge in [0, 0.05) is 12.6 Å². The lowest BCUT2D eigenvalue weighted by Crippen LogP contribution is -2.36.